The van der Waals surface area contributed by atoms with Crippen molar-refractivity contribution in [1.29, 1.82) is 0 Å². The van der Waals surface area contributed by atoms with Crippen LogP contribution in [0, 0.1) is 27.7 Å². The molecule has 0 aliphatic carbocycles. The van der Waals surface area contributed by atoms with Crippen molar-refractivity contribution in [3.63, 3.8) is 0 Å². The third-order valence-electron chi connectivity index (χ3n) is 5.36. The predicted octanol–water partition coefficient (Wildman–Crippen LogP) is 4.21. The Balaban J connectivity index is 1.73. The molecule has 0 aliphatic heterocycles. The minimum Gasteiger partial charge on any atom is -0.348 e. The summed E-state index contributed by atoms with van der Waals surface area (Å²) < 4.78 is 4.06. The van der Waals surface area contributed by atoms with Gasteiger partial charge in [0.1, 0.15) is 0 Å². The normalized spacial score (nSPS) is 11.0. The van der Waals surface area contributed by atoms with Crippen molar-refractivity contribution in [2.24, 2.45) is 0 Å². The molecule has 0 fully saturated rings. The lowest BCUT2D eigenvalue weighted by Gasteiger charge is -2.21. The maximum atomic E-state index is 5.69. The lowest BCUT2D eigenvalue weighted by atomic mass is 10.2. The highest BCUT2D eigenvalue weighted by atomic mass is 32.1. The Morgan fingerprint density at radius 3 is 2.28 bits per heavy atom. The van der Waals surface area contributed by atoms with Crippen molar-refractivity contribution in [3.8, 4) is 0 Å². The summed E-state index contributed by atoms with van der Waals surface area (Å²) in [5.74, 6) is 0. The van der Waals surface area contributed by atoms with Gasteiger partial charge < -0.3 is 10.2 Å². The Morgan fingerprint density at radius 1 is 1.00 bits per heavy atom. The van der Waals surface area contributed by atoms with E-state index in [-0.39, 0.29) is 0 Å². The molecule has 0 bridgehead atoms. The van der Waals surface area contributed by atoms with Crippen molar-refractivity contribution >= 4 is 23.0 Å². The van der Waals surface area contributed by atoms with Gasteiger partial charge in [0.25, 0.3) is 0 Å². The maximum absolute atomic E-state index is 5.69. The number of nitrogens with one attached hydrogen (secondary N) is 1. The molecule has 7 heteroatoms. The summed E-state index contributed by atoms with van der Waals surface area (Å²) in [4.78, 5) is 2.06. The summed E-state index contributed by atoms with van der Waals surface area (Å²) >= 11 is 5.69. The molecule has 2 aromatic heterocycles. The molecule has 0 atom stereocenters. The quantitative estimate of drug-likeness (QED) is 0.617. The van der Waals surface area contributed by atoms with E-state index in [0.29, 0.717) is 5.11 Å². The average molecular weight is 411 g/mol. The van der Waals surface area contributed by atoms with Crippen LogP contribution in [0.15, 0.2) is 30.3 Å². The third-order valence-corrected chi connectivity index (χ3v) is 5.78. The first-order valence-electron chi connectivity index (χ1n) is 9.94. The van der Waals surface area contributed by atoms with Crippen molar-refractivity contribution in [3.05, 3.63) is 64.2 Å². The summed E-state index contributed by atoms with van der Waals surface area (Å²) in [6, 6.07) is 10.4. The molecule has 3 aromatic rings. The smallest absolute Gasteiger partial charge is 0.173 e. The molecule has 154 valence electrons. The van der Waals surface area contributed by atoms with E-state index in [1.807, 2.05) is 29.4 Å². The fourth-order valence-corrected chi connectivity index (χ4v) is 3.74. The van der Waals surface area contributed by atoms with E-state index < -0.39 is 0 Å². The van der Waals surface area contributed by atoms with Crippen LogP contribution in [-0.2, 0) is 19.6 Å². The number of aromatic nitrogens is 4. The molecule has 0 radical (unpaired) electrons. The van der Waals surface area contributed by atoms with Gasteiger partial charge >= 0.3 is 0 Å². The number of nitrogens with zero attached hydrogens (tertiary/aromatic N) is 5. The van der Waals surface area contributed by atoms with Crippen LogP contribution in [0.1, 0.15) is 40.8 Å². The molecule has 0 saturated carbocycles. The molecule has 6 nitrogen and oxygen atoms in total. The minimum absolute atomic E-state index is 0.679. The van der Waals surface area contributed by atoms with E-state index in [1.54, 1.807) is 0 Å². The number of hydrogen-bond donors (Lipinski definition) is 1. The molecule has 0 saturated heterocycles. The van der Waals surface area contributed by atoms with E-state index in [4.69, 9.17) is 17.3 Å². The Morgan fingerprint density at radius 2 is 1.66 bits per heavy atom. The zero-order valence-corrected chi connectivity index (χ0v) is 19.0. The summed E-state index contributed by atoms with van der Waals surface area (Å²) in [6.07, 6.45) is 0. The first-order valence-corrected chi connectivity index (χ1v) is 10.4. The van der Waals surface area contributed by atoms with E-state index in [9.17, 15) is 0 Å². The Hall–Kier alpha value is -2.67. The van der Waals surface area contributed by atoms with Gasteiger partial charge in [-0.05, 0) is 52.4 Å². The fraction of sp³-hybridized carbons (Fsp3) is 0.409. The summed E-state index contributed by atoms with van der Waals surface area (Å²) in [7, 11) is 2.01. The SMILES string of the molecule is CCn1nc(C)c(CN(C)C(=S)Nc2c(C)nn(Cc3ccccc3)c2C)c1C. The van der Waals surface area contributed by atoms with Crippen molar-refractivity contribution in [2.45, 2.75) is 54.3 Å². The second-order valence-electron chi connectivity index (χ2n) is 7.44. The van der Waals surface area contributed by atoms with E-state index in [1.165, 1.54) is 16.8 Å². The van der Waals surface area contributed by atoms with E-state index in [0.717, 1.165) is 42.4 Å². The predicted molar refractivity (Wildman–Crippen MR) is 122 cm³/mol. The van der Waals surface area contributed by atoms with Gasteiger partial charge in [-0.25, -0.2) is 0 Å². The largest absolute Gasteiger partial charge is 0.348 e. The number of benzene rings is 1. The fourth-order valence-electron chi connectivity index (χ4n) is 3.57. The van der Waals surface area contributed by atoms with E-state index >= 15 is 0 Å². The number of thiocarbonyl (C=S) groups is 1. The molecule has 29 heavy (non-hydrogen) atoms. The lowest BCUT2D eigenvalue weighted by molar-refractivity contribution is 0.504. The van der Waals surface area contributed by atoms with Crippen LogP contribution in [0.4, 0.5) is 5.69 Å². The average Bonchev–Trinajstić information content (AvgIpc) is 3.12. The van der Waals surface area contributed by atoms with Gasteiger partial charge in [-0.3, -0.25) is 9.36 Å². The van der Waals surface area contributed by atoms with Gasteiger partial charge in [0.2, 0.25) is 0 Å². The standard InChI is InChI=1S/C22H30N6S/c1-7-27-17(4)20(15(2)24-27)14-26(6)22(29)23-21-16(3)25-28(18(21)5)13-19-11-9-8-10-12-19/h8-12H,7,13-14H2,1-6H3,(H,23,29). The van der Waals surface area contributed by atoms with Gasteiger partial charge in [0.15, 0.2) is 5.11 Å². The van der Waals surface area contributed by atoms with Gasteiger partial charge in [0.05, 0.1) is 29.3 Å². The molecule has 0 aliphatic rings. The Labute approximate surface area is 178 Å². The molecular formula is C22H30N6S. The lowest BCUT2D eigenvalue weighted by Crippen LogP contribution is -2.31. The van der Waals surface area contributed by atoms with Gasteiger partial charge in [0, 0.05) is 31.4 Å². The number of anilines is 1. The van der Waals surface area contributed by atoms with Crippen molar-refractivity contribution in [2.75, 3.05) is 12.4 Å². The minimum atomic E-state index is 0.679. The number of aryl methyl sites for hydroxylation is 3. The molecule has 0 amide bonds. The summed E-state index contributed by atoms with van der Waals surface area (Å²) in [5.41, 5.74) is 7.71. The first kappa shape index (κ1) is 21.0. The first-order chi connectivity index (χ1) is 13.8. The molecule has 0 spiro atoms. The Bertz CT molecular complexity index is 1000. The van der Waals surface area contributed by atoms with Gasteiger partial charge in [-0.1, -0.05) is 30.3 Å². The molecule has 1 N–H and O–H groups in total. The van der Waals surface area contributed by atoms with Crippen LogP contribution in [0.2, 0.25) is 0 Å². The second-order valence-corrected chi connectivity index (χ2v) is 7.83. The highest BCUT2D eigenvalue weighted by Crippen LogP contribution is 2.22. The molecule has 1 aromatic carbocycles. The van der Waals surface area contributed by atoms with Gasteiger partial charge in [-0.2, -0.15) is 10.2 Å². The van der Waals surface area contributed by atoms with Gasteiger partial charge in [-0.15, -0.1) is 0 Å². The Kier molecular flexibility index (Phi) is 6.37. The molecule has 0 unspecified atom stereocenters. The van der Waals surface area contributed by atoms with Crippen LogP contribution < -0.4 is 5.32 Å². The number of rotatable bonds is 6. The van der Waals surface area contributed by atoms with Crippen LogP contribution in [-0.4, -0.2) is 36.6 Å². The topological polar surface area (TPSA) is 50.9 Å². The van der Waals surface area contributed by atoms with Crippen molar-refractivity contribution in [1.82, 2.24) is 24.5 Å². The molecule has 2 heterocycles. The summed E-state index contributed by atoms with van der Waals surface area (Å²) in [5, 5.41) is 13.4. The van der Waals surface area contributed by atoms with Crippen LogP contribution in [0.3, 0.4) is 0 Å². The van der Waals surface area contributed by atoms with Crippen LogP contribution in [0.25, 0.3) is 0 Å². The van der Waals surface area contributed by atoms with Crippen LogP contribution >= 0.6 is 12.2 Å². The van der Waals surface area contributed by atoms with Crippen molar-refractivity contribution < 1.29 is 0 Å². The van der Waals surface area contributed by atoms with E-state index in [2.05, 4.69) is 67.3 Å². The zero-order valence-electron chi connectivity index (χ0n) is 18.2. The second kappa shape index (κ2) is 8.78. The summed E-state index contributed by atoms with van der Waals surface area (Å²) in [6.45, 7) is 12.7. The zero-order chi connectivity index (χ0) is 21.1. The highest BCUT2D eigenvalue weighted by molar-refractivity contribution is 7.80. The highest BCUT2D eigenvalue weighted by Gasteiger charge is 2.17. The van der Waals surface area contributed by atoms with Crippen LogP contribution in [0.5, 0.6) is 0 Å². The molecular weight excluding hydrogens is 380 g/mol. The third kappa shape index (κ3) is 4.50. The molecule has 3 rings (SSSR count). The maximum Gasteiger partial charge on any atom is 0.173 e. The number of hydrogen-bond acceptors (Lipinski definition) is 3. The monoisotopic (exact) mass is 410 g/mol.